The first kappa shape index (κ1) is 15.1. The maximum atomic E-state index is 5.82. The molecule has 2 unspecified atom stereocenters. The number of hydrogen-bond donors (Lipinski definition) is 1. The van der Waals surface area contributed by atoms with Crippen molar-refractivity contribution in [1.82, 2.24) is 5.32 Å². The van der Waals surface area contributed by atoms with Crippen molar-refractivity contribution >= 4 is 15.9 Å². The molecule has 1 saturated heterocycles. The van der Waals surface area contributed by atoms with Crippen molar-refractivity contribution in [2.45, 2.75) is 25.3 Å². The fourth-order valence-corrected chi connectivity index (χ4v) is 3.68. The summed E-state index contributed by atoms with van der Waals surface area (Å²) in [6.07, 6.45) is 3.24. The van der Waals surface area contributed by atoms with Crippen LogP contribution in [0.4, 0.5) is 0 Å². The summed E-state index contributed by atoms with van der Waals surface area (Å²) in [6, 6.07) is 4.40. The first-order valence-corrected chi connectivity index (χ1v) is 8.43. The monoisotopic (exact) mass is 355 g/mol. The Hall–Kier alpha value is -0.780. The van der Waals surface area contributed by atoms with Crippen LogP contribution in [0.15, 0.2) is 16.6 Å². The molecule has 1 N–H and O–H groups in total. The summed E-state index contributed by atoms with van der Waals surface area (Å²) in [5, 5.41) is 3.44. The van der Waals surface area contributed by atoms with E-state index in [0.717, 1.165) is 42.0 Å². The van der Waals surface area contributed by atoms with E-state index in [9.17, 15) is 0 Å². The van der Waals surface area contributed by atoms with Gasteiger partial charge in [-0.15, -0.1) is 0 Å². The minimum Gasteiger partial charge on any atom is -0.490 e. The molecule has 2 aliphatic heterocycles. The van der Waals surface area contributed by atoms with Gasteiger partial charge >= 0.3 is 0 Å². The normalized spacial score (nSPS) is 23.4. The van der Waals surface area contributed by atoms with E-state index in [4.69, 9.17) is 14.2 Å². The molecule has 5 heteroatoms. The quantitative estimate of drug-likeness (QED) is 0.902. The third-order valence-corrected chi connectivity index (χ3v) is 4.87. The molecule has 0 amide bonds. The van der Waals surface area contributed by atoms with Crippen LogP contribution in [0.25, 0.3) is 0 Å². The maximum Gasteiger partial charge on any atom is 0.162 e. The van der Waals surface area contributed by atoms with Gasteiger partial charge in [0.05, 0.1) is 19.8 Å². The second-order valence-electron chi connectivity index (χ2n) is 5.61. The zero-order valence-electron chi connectivity index (χ0n) is 12.4. The molecule has 3 rings (SSSR count). The fourth-order valence-electron chi connectivity index (χ4n) is 3.11. The van der Waals surface area contributed by atoms with Gasteiger partial charge in [0.15, 0.2) is 11.5 Å². The van der Waals surface area contributed by atoms with E-state index >= 15 is 0 Å². The Labute approximate surface area is 134 Å². The lowest BCUT2D eigenvalue weighted by atomic mass is 9.88. The molecule has 4 nitrogen and oxygen atoms in total. The highest BCUT2D eigenvalue weighted by Gasteiger charge is 2.27. The predicted molar refractivity (Wildman–Crippen MR) is 85.1 cm³/mol. The number of ether oxygens (including phenoxy) is 3. The molecule has 0 spiro atoms. The summed E-state index contributed by atoms with van der Waals surface area (Å²) in [6.45, 7) is 3.12. The van der Waals surface area contributed by atoms with Crippen molar-refractivity contribution in [2.24, 2.45) is 5.92 Å². The number of nitrogens with one attached hydrogen (secondary N) is 1. The van der Waals surface area contributed by atoms with E-state index < -0.39 is 0 Å². The van der Waals surface area contributed by atoms with Crippen molar-refractivity contribution in [3.63, 3.8) is 0 Å². The molecular weight excluding hydrogens is 334 g/mol. The first-order valence-electron chi connectivity index (χ1n) is 7.63. The first-order chi connectivity index (χ1) is 10.3. The average molecular weight is 356 g/mol. The molecule has 2 aliphatic rings. The molecule has 1 aromatic carbocycles. The van der Waals surface area contributed by atoms with Gasteiger partial charge in [0.2, 0.25) is 0 Å². The summed E-state index contributed by atoms with van der Waals surface area (Å²) < 4.78 is 18.3. The number of fused-ring (bicyclic) bond motifs is 1. The smallest absolute Gasteiger partial charge is 0.162 e. The van der Waals surface area contributed by atoms with Crippen LogP contribution in [0.2, 0.25) is 0 Å². The molecule has 116 valence electrons. The van der Waals surface area contributed by atoms with Gasteiger partial charge in [-0.3, -0.25) is 0 Å². The zero-order valence-corrected chi connectivity index (χ0v) is 13.9. The molecule has 2 atom stereocenters. The fraction of sp³-hybridized carbons (Fsp3) is 0.625. The van der Waals surface area contributed by atoms with E-state index in [2.05, 4.69) is 27.3 Å². The van der Waals surface area contributed by atoms with Crippen LogP contribution in [0, 0.1) is 5.92 Å². The Balaban J connectivity index is 1.90. The van der Waals surface area contributed by atoms with E-state index in [1.165, 1.54) is 12.0 Å². The molecule has 0 saturated carbocycles. The van der Waals surface area contributed by atoms with Gasteiger partial charge in [0.1, 0.15) is 0 Å². The zero-order chi connectivity index (χ0) is 14.7. The van der Waals surface area contributed by atoms with Gasteiger partial charge in [0, 0.05) is 29.5 Å². The van der Waals surface area contributed by atoms with Crippen LogP contribution in [0.3, 0.4) is 0 Å². The maximum absolute atomic E-state index is 5.82. The van der Waals surface area contributed by atoms with Crippen LogP contribution < -0.4 is 14.8 Å². The summed E-state index contributed by atoms with van der Waals surface area (Å²) in [4.78, 5) is 0. The minimum absolute atomic E-state index is 0.261. The van der Waals surface area contributed by atoms with E-state index in [1.54, 1.807) is 0 Å². The van der Waals surface area contributed by atoms with Crippen LogP contribution in [-0.2, 0) is 4.74 Å². The standard InChI is InChI=1S/C16H22BrNO3/c1-18-16(11-4-2-5-19-10-11)12-8-14-15(9-13(12)17)21-7-3-6-20-14/h8-9,11,16,18H,2-7,10H2,1H3. The Morgan fingerprint density at radius 3 is 2.57 bits per heavy atom. The molecule has 0 radical (unpaired) electrons. The average Bonchev–Trinajstić information content (AvgIpc) is 2.74. The van der Waals surface area contributed by atoms with Gasteiger partial charge in [0.25, 0.3) is 0 Å². The molecule has 0 aliphatic carbocycles. The minimum atomic E-state index is 0.261. The Morgan fingerprint density at radius 1 is 1.14 bits per heavy atom. The second kappa shape index (κ2) is 6.99. The summed E-state index contributed by atoms with van der Waals surface area (Å²) in [7, 11) is 2.01. The summed E-state index contributed by atoms with van der Waals surface area (Å²) >= 11 is 3.69. The van der Waals surface area contributed by atoms with Gasteiger partial charge in [-0.05, 0) is 37.6 Å². The Morgan fingerprint density at radius 2 is 1.90 bits per heavy atom. The number of hydrogen-bond acceptors (Lipinski definition) is 4. The van der Waals surface area contributed by atoms with Crippen molar-refractivity contribution in [2.75, 3.05) is 33.5 Å². The second-order valence-corrected chi connectivity index (χ2v) is 6.47. The molecule has 1 fully saturated rings. The van der Waals surface area contributed by atoms with Gasteiger partial charge in [-0.25, -0.2) is 0 Å². The van der Waals surface area contributed by atoms with Gasteiger partial charge in [-0.1, -0.05) is 15.9 Å². The number of rotatable bonds is 3. The topological polar surface area (TPSA) is 39.7 Å². The van der Waals surface area contributed by atoms with Gasteiger partial charge < -0.3 is 19.5 Å². The lowest BCUT2D eigenvalue weighted by Gasteiger charge is -2.31. The van der Waals surface area contributed by atoms with Crippen molar-refractivity contribution in [3.05, 3.63) is 22.2 Å². The number of halogens is 1. The SMILES string of the molecule is CNC(c1cc2c(cc1Br)OCCCO2)C1CCCOC1. The lowest BCUT2D eigenvalue weighted by molar-refractivity contribution is 0.0400. The van der Waals surface area contributed by atoms with Crippen LogP contribution in [-0.4, -0.2) is 33.5 Å². The number of benzene rings is 1. The molecule has 1 aromatic rings. The summed E-state index contributed by atoms with van der Waals surface area (Å²) in [5.74, 6) is 2.17. The van der Waals surface area contributed by atoms with Crippen LogP contribution in [0.1, 0.15) is 30.9 Å². The van der Waals surface area contributed by atoms with Crippen molar-refractivity contribution < 1.29 is 14.2 Å². The van der Waals surface area contributed by atoms with E-state index in [0.29, 0.717) is 19.1 Å². The molecular formula is C16H22BrNO3. The van der Waals surface area contributed by atoms with Crippen molar-refractivity contribution in [1.29, 1.82) is 0 Å². The summed E-state index contributed by atoms with van der Waals surface area (Å²) in [5.41, 5.74) is 1.22. The van der Waals surface area contributed by atoms with Crippen LogP contribution in [0.5, 0.6) is 11.5 Å². The van der Waals surface area contributed by atoms with E-state index in [-0.39, 0.29) is 6.04 Å². The molecule has 21 heavy (non-hydrogen) atoms. The molecule has 2 heterocycles. The van der Waals surface area contributed by atoms with Crippen molar-refractivity contribution in [3.8, 4) is 11.5 Å². The largest absolute Gasteiger partial charge is 0.490 e. The molecule has 0 bridgehead atoms. The van der Waals surface area contributed by atoms with Crippen LogP contribution >= 0.6 is 15.9 Å². The van der Waals surface area contributed by atoms with Gasteiger partial charge in [-0.2, -0.15) is 0 Å². The van der Waals surface area contributed by atoms with E-state index in [1.807, 2.05) is 13.1 Å². The third-order valence-electron chi connectivity index (χ3n) is 4.18. The highest BCUT2D eigenvalue weighted by molar-refractivity contribution is 9.10. The Bertz CT molecular complexity index is 489. The third kappa shape index (κ3) is 3.35. The highest BCUT2D eigenvalue weighted by Crippen LogP contribution is 2.40. The lowest BCUT2D eigenvalue weighted by Crippen LogP contribution is -2.31. The molecule has 0 aromatic heterocycles. The predicted octanol–water partition coefficient (Wildman–Crippen LogP) is 3.30. The highest BCUT2D eigenvalue weighted by atomic mass is 79.9. The Kier molecular flexibility index (Phi) is 5.03.